The number of carbonyl (C=O) groups is 1. The third-order valence-electron chi connectivity index (χ3n) is 4.70. The SMILES string of the molecule is CC(C)(C)c1nnc(CNC(=O)C2CC3CCCCC3N2)s1.Cl. The van der Waals surface area contributed by atoms with Crippen LogP contribution in [0.1, 0.15) is 62.9 Å². The van der Waals surface area contributed by atoms with Crippen LogP contribution in [0.25, 0.3) is 0 Å². The van der Waals surface area contributed by atoms with Crippen molar-refractivity contribution in [3.8, 4) is 0 Å². The predicted molar refractivity (Wildman–Crippen MR) is 95.0 cm³/mol. The normalized spacial score (nSPS) is 27.2. The van der Waals surface area contributed by atoms with Crippen LogP contribution in [0.3, 0.4) is 0 Å². The lowest BCUT2D eigenvalue weighted by Crippen LogP contribution is -2.42. The molecule has 2 aliphatic rings. The monoisotopic (exact) mass is 358 g/mol. The van der Waals surface area contributed by atoms with Gasteiger partial charge in [-0.3, -0.25) is 4.79 Å². The van der Waals surface area contributed by atoms with Crippen LogP contribution in [0, 0.1) is 5.92 Å². The Labute approximate surface area is 148 Å². The summed E-state index contributed by atoms with van der Waals surface area (Å²) in [5.41, 5.74) is 0.0165. The van der Waals surface area contributed by atoms with E-state index in [1.165, 1.54) is 25.7 Å². The molecule has 0 aromatic carbocycles. The average Bonchev–Trinajstić information content (AvgIpc) is 3.10. The molecule has 2 fully saturated rings. The third-order valence-corrected chi connectivity index (χ3v) is 6.05. The first kappa shape index (κ1) is 18.6. The molecule has 3 atom stereocenters. The maximum absolute atomic E-state index is 12.3. The van der Waals surface area contributed by atoms with Crippen molar-refractivity contribution in [2.24, 2.45) is 5.92 Å². The van der Waals surface area contributed by atoms with Crippen molar-refractivity contribution >= 4 is 29.7 Å². The second-order valence-electron chi connectivity index (χ2n) is 7.57. The van der Waals surface area contributed by atoms with E-state index in [2.05, 4.69) is 41.6 Å². The van der Waals surface area contributed by atoms with E-state index < -0.39 is 0 Å². The molecule has 1 amide bonds. The smallest absolute Gasteiger partial charge is 0.237 e. The molecule has 0 radical (unpaired) electrons. The largest absolute Gasteiger partial charge is 0.348 e. The molecule has 130 valence electrons. The molecule has 3 unspecified atom stereocenters. The lowest BCUT2D eigenvalue weighted by Gasteiger charge is -2.24. The molecule has 2 N–H and O–H groups in total. The van der Waals surface area contributed by atoms with Crippen LogP contribution in [0.4, 0.5) is 0 Å². The molecule has 1 saturated heterocycles. The van der Waals surface area contributed by atoms with E-state index in [0.29, 0.717) is 18.5 Å². The number of hydrogen-bond donors (Lipinski definition) is 2. The minimum atomic E-state index is -0.0249. The van der Waals surface area contributed by atoms with Crippen molar-refractivity contribution in [3.05, 3.63) is 10.0 Å². The maximum atomic E-state index is 12.3. The number of aromatic nitrogens is 2. The molecular weight excluding hydrogens is 332 g/mol. The van der Waals surface area contributed by atoms with Crippen molar-refractivity contribution in [2.45, 2.75) is 76.9 Å². The first-order valence-electron chi connectivity index (χ1n) is 8.30. The number of carbonyl (C=O) groups excluding carboxylic acids is 1. The van der Waals surface area contributed by atoms with Crippen LogP contribution in [0.2, 0.25) is 0 Å². The highest BCUT2D eigenvalue weighted by molar-refractivity contribution is 7.11. The number of fused-ring (bicyclic) bond motifs is 1. The molecule has 1 aliphatic carbocycles. The second-order valence-corrected chi connectivity index (χ2v) is 8.64. The van der Waals surface area contributed by atoms with Crippen molar-refractivity contribution in [3.63, 3.8) is 0 Å². The minimum Gasteiger partial charge on any atom is -0.348 e. The summed E-state index contributed by atoms with van der Waals surface area (Å²) in [6.45, 7) is 6.86. The molecule has 2 heterocycles. The highest BCUT2D eigenvalue weighted by atomic mass is 35.5. The number of hydrogen-bond acceptors (Lipinski definition) is 5. The predicted octanol–water partition coefficient (Wildman–Crippen LogP) is 2.79. The molecule has 5 nitrogen and oxygen atoms in total. The summed E-state index contributed by atoms with van der Waals surface area (Å²) in [5.74, 6) is 0.806. The molecule has 23 heavy (non-hydrogen) atoms. The molecule has 0 spiro atoms. The fourth-order valence-corrected chi connectivity index (χ4v) is 4.27. The van der Waals surface area contributed by atoms with Crippen LogP contribution in [0.5, 0.6) is 0 Å². The summed E-state index contributed by atoms with van der Waals surface area (Å²) in [7, 11) is 0. The Morgan fingerprint density at radius 1 is 1.30 bits per heavy atom. The minimum absolute atomic E-state index is 0. The summed E-state index contributed by atoms with van der Waals surface area (Å²) >= 11 is 1.59. The van der Waals surface area contributed by atoms with Gasteiger partial charge in [0.15, 0.2) is 0 Å². The van der Waals surface area contributed by atoms with Gasteiger partial charge in [-0.25, -0.2) is 0 Å². The lowest BCUT2D eigenvalue weighted by molar-refractivity contribution is -0.123. The second kappa shape index (κ2) is 7.45. The molecule has 1 aromatic rings. The summed E-state index contributed by atoms with van der Waals surface area (Å²) in [6, 6.07) is 0.529. The maximum Gasteiger partial charge on any atom is 0.237 e. The van der Waals surface area contributed by atoms with Gasteiger partial charge < -0.3 is 10.6 Å². The molecule has 1 aliphatic heterocycles. The van der Waals surface area contributed by atoms with Gasteiger partial charge in [-0.15, -0.1) is 22.6 Å². The van der Waals surface area contributed by atoms with Gasteiger partial charge in [-0.1, -0.05) is 44.9 Å². The summed E-state index contributed by atoms with van der Waals surface area (Å²) in [6.07, 6.45) is 6.09. The van der Waals surface area contributed by atoms with Gasteiger partial charge >= 0.3 is 0 Å². The van der Waals surface area contributed by atoms with E-state index in [9.17, 15) is 4.79 Å². The molecule has 7 heteroatoms. The van der Waals surface area contributed by atoms with Crippen molar-refractivity contribution in [1.82, 2.24) is 20.8 Å². The van der Waals surface area contributed by atoms with Crippen LogP contribution >= 0.6 is 23.7 Å². The number of nitrogens with zero attached hydrogens (tertiary/aromatic N) is 2. The lowest BCUT2D eigenvalue weighted by atomic mass is 9.85. The topological polar surface area (TPSA) is 66.9 Å². The summed E-state index contributed by atoms with van der Waals surface area (Å²) in [4.78, 5) is 12.3. The van der Waals surface area contributed by atoms with Crippen LogP contribution in [-0.4, -0.2) is 28.2 Å². The Bertz CT molecular complexity index is 528. The quantitative estimate of drug-likeness (QED) is 0.871. The zero-order valence-electron chi connectivity index (χ0n) is 14.1. The molecule has 1 aromatic heterocycles. The third kappa shape index (κ3) is 4.43. The molecular formula is C16H27ClN4OS. The van der Waals surface area contributed by atoms with Gasteiger partial charge in [0, 0.05) is 11.5 Å². The van der Waals surface area contributed by atoms with E-state index in [1.54, 1.807) is 11.3 Å². The Balaban J connectivity index is 0.00000192. The van der Waals surface area contributed by atoms with Gasteiger partial charge in [-0.05, 0) is 25.2 Å². The fourth-order valence-electron chi connectivity index (χ4n) is 3.44. The average molecular weight is 359 g/mol. The number of amides is 1. The Hall–Kier alpha value is -0.720. The molecule has 1 saturated carbocycles. The van der Waals surface area contributed by atoms with E-state index in [0.717, 1.165) is 16.4 Å². The summed E-state index contributed by atoms with van der Waals surface area (Å²) in [5, 5.41) is 16.8. The molecule has 0 bridgehead atoms. The van der Waals surface area contributed by atoms with Gasteiger partial charge in [-0.2, -0.15) is 0 Å². The number of nitrogens with one attached hydrogen (secondary N) is 2. The fraction of sp³-hybridized carbons (Fsp3) is 0.812. The van der Waals surface area contributed by atoms with Gasteiger partial charge in [0.25, 0.3) is 0 Å². The van der Waals surface area contributed by atoms with Crippen LogP contribution in [0.15, 0.2) is 0 Å². The van der Waals surface area contributed by atoms with Crippen LogP contribution in [-0.2, 0) is 16.8 Å². The van der Waals surface area contributed by atoms with Crippen molar-refractivity contribution < 1.29 is 4.79 Å². The van der Waals surface area contributed by atoms with E-state index >= 15 is 0 Å². The zero-order valence-corrected chi connectivity index (χ0v) is 15.7. The van der Waals surface area contributed by atoms with E-state index in [1.807, 2.05) is 0 Å². The van der Waals surface area contributed by atoms with E-state index in [-0.39, 0.29) is 29.8 Å². The zero-order chi connectivity index (χ0) is 15.7. The first-order valence-corrected chi connectivity index (χ1v) is 9.12. The Morgan fingerprint density at radius 3 is 2.70 bits per heavy atom. The standard InChI is InChI=1S/C16H26N4OS.ClH/c1-16(2,3)15-20-19-13(22-15)9-17-14(21)12-8-10-6-4-5-7-11(10)18-12;/h10-12,18H,4-9H2,1-3H3,(H,17,21);1H. The Morgan fingerprint density at radius 2 is 2.04 bits per heavy atom. The number of rotatable bonds is 3. The van der Waals surface area contributed by atoms with E-state index in [4.69, 9.17) is 0 Å². The van der Waals surface area contributed by atoms with Crippen molar-refractivity contribution in [1.29, 1.82) is 0 Å². The van der Waals surface area contributed by atoms with Gasteiger partial charge in [0.1, 0.15) is 10.0 Å². The number of halogens is 1. The first-order chi connectivity index (χ1) is 10.4. The van der Waals surface area contributed by atoms with Gasteiger partial charge in [0.2, 0.25) is 5.91 Å². The van der Waals surface area contributed by atoms with Crippen molar-refractivity contribution in [2.75, 3.05) is 0 Å². The Kier molecular flexibility index (Phi) is 6.03. The highest BCUT2D eigenvalue weighted by Gasteiger charge is 2.38. The molecule has 3 rings (SSSR count). The highest BCUT2D eigenvalue weighted by Crippen LogP contribution is 2.33. The summed E-state index contributed by atoms with van der Waals surface area (Å²) < 4.78 is 0. The van der Waals surface area contributed by atoms with Gasteiger partial charge in [0.05, 0.1) is 12.6 Å². The van der Waals surface area contributed by atoms with Crippen LogP contribution < -0.4 is 10.6 Å².